The minimum atomic E-state index is -0.887. The molecular formula is C10H13N3O3. The van der Waals surface area contributed by atoms with Gasteiger partial charge in [-0.05, 0) is 18.6 Å². The normalized spacial score (nSPS) is 9.75. The van der Waals surface area contributed by atoms with Crippen molar-refractivity contribution in [1.29, 1.82) is 0 Å². The standard InChI is InChI=1S/C10H13N3O3/c14-9(4-1-5-10(15)16)11-7-8-3-2-6-12-13-8/h2-3,6H,1,4-5,7H2,(H,11,14)(H,15,16). The number of nitrogens with zero attached hydrogens (tertiary/aromatic N) is 2. The monoisotopic (exact) mass is 223 g/mol. The van der Waals surface area contributed by atoms with Crippen LogP contribution in [0.3, 0.4) is 0 Å². The zero-order chi connectivity index (χ0) is 11.8. The van der Waals surface area contributed by atoms with Gasteiger partial charge in [0.1, 0.15) is 0 Å². The number of carboxylic acids is 1. The molecule has 0 aliphatic heterocycles. The third-order valence-corrected chi connectivity index (χ3v) is 1.89. The fourth-order valence-corrected chi connectivity index (χ4v) is 1.11. The lowest BCUT2D eigenvalue weighted by Gasteiger charge is -2.02. The number of aliphatic carboxylic acids is 1. The minimum Gasteiger partial charge on any atom is -0.481 e. The molecule has 1 amide bonds. The van der Waals surface area contributed by atoms with Crippen LogP contribution in [0.1, 0.15) is 25.0 Å². The molecule has 1 aromatic heterocycles. The fraction of sp³-hybridized carbons (Fsp3) is 0.400. The molecule has 0 atom stereocenters. The summed E-state index contributed by atoms with van der Waals surface area (Å²) in [6, 6.07) is 3.49. The Bertz CT molecular complexity index is 354. The quantitative estimate of drug-likeness (QED) is 0.725. The van der Waals surface area contributed by atoms with Gasteiger partial charge in [-0.2, -0.15) is 10.2 Å². The van der Waals surface area contributed by atoms with Crippen molar-refractivity contribution < 1.29 is 14.7 Å². The number of hydrogen-bond acceptors (Lipinski definition) is 4. The van der Waals surface area contributed by atoms with Gasteiger partial charge in [0.2, 0.25) is 5.91 Å². The summed E-state index contributed by atoms with van der Waals surface area (Å²) in [5, 5.41) is 18.5. The highest BCUT2D eigenvalue weighted by atomic mass is 16.4. The molecule has 0 aromatic carbocycles. The van der Waals surface area contributed by atoms with E-state index in [1.807, 2.05) is 0 Å². The molecule has 2 N–H and O–H groups in total. The van der Waals surface area contributed by atoms with E-state index in [4.69, 9.17) is 5.11 Å². The van der Waals surface area contributed by atoms with Crippen LogP contribution >= 0.6 is 0 Å². The Morgan fingerprint density at radius 2 is 2.19 bits per heavy atom. The zero-order valence-electron chi connectivity index (χ0n) is 8.72. The highest BCUT2D eigenvalue weighted by Crippen LogP contribution is 1.96. The van der Waals surface area contributed by atoms with E-state index in [-0.39, 0.29) is 18.7 Å². The first-order valence-electron chi connectivity index (χ1n) is 4.93. The molecule has 0 spiro atoms. The number of aromatic nitrogens is 2. The summed E-state index contributed by atoms with van der Waals surface area (Å²) in [6.45, 7) is 0.319. The van der Waals surface area contributed by atoms with Crippen LogP contribution in [0, 0.1) is 0 Å². The van der Waals surface area contributed by atoms with Crippen molar-refractivity contribution in [3.63, 3.8) is 0 Å². The summed E-state index contributed by atoms with van der Waals surface area (Å²) < 4.78 is 0. The fourth-order valence-electron chi connectivity index (χ4n) is 1.11. The topological polar surface area (TPSA) is 92.2 Å². The van der Waals surface area contributed by atoms with E-state index in [1.54, 1.807) is 18.3 Å². The molecular weight excluding hydrogens is 210 g/mol. The van der Waals surface area contributed by atoms with Gasteiger partial charge < -0.3 is 10.4 Å². The van der Waals surface area contributed by atoms with Crippen LogP contribution in [-0.4, -0.2) is 27.2 Å². The lowest BCUT2D eigenvalue weighted by molar-refractivity contribution is -0.137. The summed E-state index contributed by atoms with van der Waals surface area (Å²) in [5.41, 5.74) is 0.675. The Balaban J connectivity index is 2.18. The van der Waals surface area contributed by atoms with Gasteiger partial charge in [-0.25, -0.2) is 0 Å². The van der Waals surface area contributed by atoms with Gasteiger partial charge in [-0.15, -0.1) is 0 Å². The first-order chi connectivity index (χ1) is 7.68. The van der Waals surface area contributed by atoms with Crippen LogP contribution in [0.15, 0.2) is 18.3 Å². The van der Waals surface area contributed by atoms with Crippen molar-refractivity contribution in [2.45, 2.75) is 25.8 Å². The summed E-state index contributed by atoms with van der Waals surface area (Å²) in [5.74, 6) is -1.06. The van der Waals surface area contributed by atoms with Gasteiger partial charge in [0, 0.05) is 19.0 Å². The van der Waals surface area contributed by atoms with Crippen molar-refractivity contribution in [2.24, 2.45) is 0 Å². The molecule has 0 aliphatic rings. The Kier molecular flexibility index (Phi) is 4.91. The van der Waals surface area contributed by atoms with E-state index < -0.39 is 5.97 Å². The van der Waals surface area contributed by atoms with E-state index in [1.165, 1.54) is 0 Å². The van der Waals surface area contributed by atoms with Crippen molar-refractivity contribution in [1.82, 2.24) is 15.5 Å². The number of nitrogens with one attached hydrogen (secondary N) is 1. The van der Waals surface area contributed by atoms with Crippen LogP contribution in [0.2, 0.25) is 0 Å². The number of carboxylic acid groups (broad SMARTS) is 1. The van der Waals surface area contributed by atoms with Crippen LogP contribution in [-0.2, 0) is 16.1 Å². The van der Waals surface area contributed by atoms with Crippen molar-refractivity contribution >= 4 is 11.9 Å². The third kappa shape index (κ3) is 5.04. The Labute approximate surface area is 92.7 Å². The van der Waals surface area contributed by atoms with Gasteiger partial charge in [0.05, 0.1) is 12.2 Å². The van der Waals surface area contributed by atoms with Gasteiger partial charge in [0.25, 0.3) is 0 Å². The summed E-state index contributed by atoms with van der Waals surface area (Å²) in [4.78, 5) is 21.5. The SMILES string of the molecule is O=C(O)CCCC(=O)NCc1cccnn1. The molecule has 16 heavy (non-hydrogen) atoms. The van der Waals surface area contributed by atoms with E-state index in [2.05, 4.69) is 15.5 Å². The first-order valence-corrected chi connectivity index (χ1v) is 4.93. The average Bonchev–Trinajstić information content (AvgIpc) is 2.27. The molecule has 0 aliphatic carbocycles. The van der Waals surface area contributed by atoms with Crippen molar-refractivity contribution in [3.05, 3.63) is 24.0 Å². The smallest absolute Gasteiger partial charge is 0.303 e. The van der Waals surface area contributed by atoms with Crippen molar-refractivity contribution in [3.8, 4) is 0 Å². The van der Waals surface area contributed by atoms with E-state index in [0.717, 1.165) is 0 Å². The Morgan fingerprint density at radius 1 is 1.38 bits per heavy atom. The van der Waals surface area contributed by atoms with Crippen LogP contribution < -0.4 is 5.32 Å². The number of rotatable bonds is 6. The number of amides is 1. The molecule has 0 saturated carbocycles. The summed E-state index contributed by atoms with van der Waals surface area (Å²) >= 11 is 0. The second kappa shape index (κ2) is 6.49. The van der Waals surface area contributed by atoms with Gasteiger partial charge in [-0.1, -0.05) is 0 Å². The molecule has 86 valence electrons. The molecule has 0 fully saturated rings. The first kappa shape index (κ1) is 12.1. The lowest BCUT2D eigenvalue weighted by atomic mass is 10.2. The molecule has 1 rings (SSSR count). The Hall–Kier alpha value is -1.98. The van der Waals surface area contributed by atoms with Gasteiger partial charge >= 0.3 is 5.97 Å². The largest absolute Gasteiger partial charge is 0.481 e. The molecule has 6 heteroatoms. The molecule has 0 bridgehead atoms. The molecule has 1 aromatic rings. The lowest BCUT2D eigenvalue weighted by Crippen LogP contribution is -2.23. The van der Waals surface area contributed by atoms with Gasteiger partial charge in [-0.3, -0.25) is 9.59 Å². The predicted octanol–water partition coefficient (Wildman–Crippen LogP) is 0.348. The number of carbonyl (C=O) groups excluding carboxylic acids is 1. The summed E-state index contributed by atoms with van der Waals surface area (Å²) in [7, 11) is 0. The van der Waals surface area contributed by atoms with E-state index in [0.29, 0.717) is 18.7 Å². The third-order valence-electron chi connectivity index (χ3n) is 1.89. The molecule has 0 saturated heterocycles. The minimum absolute atomic E-state index is 0.0125. The number of carbonyl (C=O) groups is 2. The summed E-state index contributed by atoms with van der Waals surface area (Å²) in [6.07, 6.45) is 2.13. The van der Waals surface area contributed by atoms with Crippen LogP contribution in [0.25, 0.3) is 0 Å². The maximum Gasteiger partial charge on any atom is 0.303 e. The van der Waals surface area contributed by atoms with E-state index >= 15 is 0 Å². The zero-order valence-corrected chi connectivity index (χ0v) is 8.72. The molecule has 0 unspecified atom stereocenters. The van der Waals surface area contributed by atoms with E-state index in [9.17, 15) is 9.59 Å². The van der Waals surface area contributed by atoms with Crippen molar-refractivity contribution in [2.75, 3.05) is 0 Å². The second-order valence-corrected chi connectivity index (χ2v) is 3.24. The Morgan fingerprint density at radius 3 is 2.81 bits per heavy atom. The van der Waals surface area contributed by atoms with Crippen LogP contribution in [0.5, 0.6) is 0 Å². The number of hydrogen-bond donors (Lipinski definition) is 2. The highest BCUT2D eigenvalue weighted by molar-refractivity contribution is 5.76. The van der Waals surface area contributed by atoms with Gasteiger partial charge in [0.15, 0.2) is 0 Å². The molecule has 6 nitrogen and oxygen atoms in total. The van der Waals surface area contributed by atoms with Crippen LogP contribution in [0.4, 0.5) is 0 Å². The highest BCUT2D eigenvalue weighted by Gasteiger charge is 2.03. The molecule has 0 radical (unpaired) electrons. The second-order valence-electron chi connectivity index (χ2n) is 3.24. The molecule has 1 heterocycles. The maximum atomic E-state index is 11.2. The predicted molar refractivity (Wildman–Crippen MR) is 55.4 cm³/mol. The maximum absolute atomic E-state index is 11.2. The average molecular weight is 223 g/mol.